The third kappa shape index (κ3) is 4.96. The molecular weight excluding hydrogens is 248 g/mol. The normalized spacial score (nSPS) is 19.4. The smallest absolute Gasteiger partial charge is 0.410 e. The van der Waals surface area contributed by atoms with E-state index in [1.54, 1.807) is 7.05 Å². The molecule has 1 rings (SSSR count). The number of hydrogen-bond acceptors (Lipinski definition) is 3. The van der Waals surface area contributed by atoms with Gasteiger partial charge in [-0.25, -0.2) is 9.59 Å². The van der Waals surface area contributed by atoms with Crippen molar-refractivity contribution in [2.24, 2.45) is 0 Å². The molecule has 1 atom stereocenters. The molecule has 2 amide bonds. The van der Waals surface area contributed by atoms with Gasteiger partial charge in [0, 0.05) is 26.2 Å². The third-order valence-corrected chi connectivity index (χ3v) is 3.13. The summed E-state index contributed by atoms with van der Waals surface area (Å²) in [7, 11) is 1.67. The molecule has 0 radical (unpaired) electrons. The van der Waals surface area contributed by atoms with E-state index in [1.807, 2.05) is 20.8 Å². The average Bonchev–Trinajstić information content (AvgIpc) is 2.71. The zero-order valence-electron chi connectivity index (χ0n) is 12.2. The van der Waals surface area contributed by atoms with Crippen molar-refractivity contribution < 1.29 is 19.4 Å². The van der Waals surface area contributed by atoms with E-state index in [-0.39, 0.29) is 12.1 Å². The third-order valence-electron chi connectivity index (χ3n) is 3.13. The summed E-state index contributed by atoms with van der Waals surface area (Å²) < 4.78 is 5.25. The van der Waals surface area contributed by atoms with Gasteiger partial charge in [-0.05, 0) is 40.0 Å². The molecule has 6 heteroatoms. The standard InChI is InChI=1S/C13H24N2O4/c1-13(2,3)19-12(18)14(4)9-7-10-6-5-8-15(10)11(16)17/h10H,5-9H2,1-4H3,(H,16,17). The van der Waals surface area contributed by atoms with E-state index in [1.165, 1.54) is 9.80 Å². The van der Waals surface area contributed by atoms with Crippen LogP contribution in [0.25, 0.3) is 0 Å². The number of nitrogens with zero attached hydrogens (tertiary/aromatic N) is 2. The number of ether oxygens (including phenoxy) is 1. The molecule has 1 aliphatic heterocycles. The van der Waals surface area contributed by atoms with E-state index in [4.69, 9.17) is 9.84 Å². The molecule has 0 aromatic rings. The van der Waals surface area contributed by atoms with Crippen LogP contribution in [0.2, 0.25) is 0 Å². The molecule has 19 heavy (non-hydrogen) atoms. The lowest BCUT2D eigenvalue weighted by Crippen LogP contribution is -2.39. The molecule has 6 nitrogen and oxygen atoms in total. The van der Waals surface area contributed by atoms with Gasteiger partial charge in [0.25, 0.3) is 0 Å². The Hall–Kier alpha value is -1.46. The SMILES string of the molecule is CN(CCC1CCCN1C(=O)O)C(=O)OC(C)(C)C. The molecule has 0 saturated carbocycles. The number of carboxylic acid groups (broad SMARTS) is 1. The van der Waals surface area contributed by atoms with E-state index >= 15 is 0 Å². The van der Waals surface area contributed by atoms with E-state index in [0.717, 1.165) is 12.8 Å². The lowest BCUT2D eigenvalue weighted by molar-refractivity contribution is 0.0288. The molecule has 110 valence electrons. The number of carbonyl (C=O) groups excluding carboxylic acids is 1. The van der Waals surface area contributed by atoms with Gasteiger partial charge >= 0.3 is 12.2 Å². The maximum absolute atomic E-state index is 11.8. The van der Waals surface area contributed by atoms with Crippen LogP contribution in [-0.4, -0.2) is 58.9 Å². The van der Waals surface area contributed by atoms with E-state index in [0.29, 0.717) is 19.5 Å². The predicted molar refractivity (Wildman–Crippen MR) is 71.2 cm³/mol. The number of carbonyl (C=O) groups is 2. The minimum Gasteiger partial charge on any atom is -0.465 e. The Balaban J connectivity index is 2.39. The van der Waals surface area contributed by atoms with Crippen molar-refractivity contribution >= 4 is 12.2 Å². The van der Waals surface area contributed by atoms with Crippen LogP contribution in [0.4, 0.5) is 9.59 Å². The molecule has 1 N–H and O–H groups in total. The average molecular weight is 272 g/mol. The fourth-order valence-electron chi connectivity index (χ4n) is 2.16. The molecule has 0 aliphatic carbocycles. The first-order chi connectivity index (χ1) is 8.70. The first kappa shape index (κ1) is 15.6. The summed E-state index contributed by atoms with van der Waals surface area (Å²) in [6, 6.07) is 0.0161. The lowest BCUT2D eigenvalue weighted by atomic mass is 10.1. The Kier molecular flexibility index (Phi) is 5.03. The Morgan fingerprint density at radius 1 is 1.42 bits per heavy atom. The van der Waals surface area contributed by atoms with E-state index < -0.39 is 11.7 Å². The first-order valence-electron chi connectivity index (χ1n) is 6.64. The minimum absolute atomic E-state index is 0.0161. The quantitative estimate of drug-likeness (QED) is 0.856. The maximum atomic E-state index is 11.8. The van der Waals surface area contributed by atoms with Crippen LogP contribution in [0.5, 0.6) is 0 Å². The van der Waals surface area contributed by atoms with Crippen molar-refractivity contribution in [3.8, 4) is 0 Å². The number of amides is 2. The van der Waals surface area contributed by atoms with Crippen LogP contribution in [0.1, 0.15) is 40.0 Å². The molecular formula is C13H24N2O4. The highest BCUT2D eigenvalue weighted by molar-refractivity contribution is 5.68. The van der Waals surface area contributed by atoms with Crippen molar-refractivity contribution in [3.05, 3.63) is 0 Å². The van der Waals surface area contributed by atoms with Crippen molar-refractivity contribution in [1.82, 2.24) is 9.80 Å². The zero-order valence-corrected chi connectivity index (χ0v) is 12.2. The number of rotatable bonds is 3. The van der Waals surface area contributed by atoms with Crippen LogP contribution in [0.15, 0.2) is 0 Å². The number of hydrogen-bond donors (Lipinski definition) is 1. The fourth-order valence-corrected chi connectivity index (χ4v) is 2.16. The van der Waals surface area contributed by atoms with Gasteiger partial charge < -0.3 is 19.6 Å². The largest absolute Gasteiger partial charge is 0.465 e. The maximum Gasteiger partial charge on any atom is 0.410 e. The molecule has 1 fully saturated rings. The van der Waals surface area contributed by atoms with Gasteiger partial charge in [0.05, 0.1) is 0 Å². The van der Waals surface area contributed by atoms with Gasteiger partial charge in [-0.15, -0.1) is 0 Å². The van der Waals surface area contributed by atoms with Gasteiger partial charge in [-0.3, -0.25) is 0 Å². The highest BCUT2D eigenvalue weighted by Gasteiger charge is 2.29. The van der Waals surface area contributed by atoms with E-state index in [9.17, 15) is 9.59 Å². The molecule has 1 aliphatic rings. The Morgan fingerprint density at radius 3 is 2.58 bits per heavy atom. The summed E-state index contributed by atoms with van der Waals surface area (Å²) in [6.07, 6.45) is 1.18. The van der Waals surface area contributed by atoms with Gasteiger partial charge in [0.2, 0.25) is 0 Å². The summed E-state index contributed by atoms with van der Waals surface area (Å²) in [5, 5.41) is 9.03. The summed E-state index contributed by atoms with van der Waals surface area (Å²) in [4.78, 5) is 25.7. The second kappa shape index (κ2) is 6.12. The molecule has 0 spiro atoms. The van der Waals surface area contributed by atoms with Crippen LogP contribution in [-0.2, 0) is 4.74 Å². The second-order valence-electron chi connectivity index (χ2n) is 5.96. The molecule has 1 saturated heterocycles. The van der Waals surface area contributed by atoms with E-state index in [2.05, 4.69) is 0 Å². The summed E-state index contributed by atoms with van der Waals surface area (Å²) in [6.45, 7) is 6.56. The lowest BCUT2D eigenvalue weighted by Gasteiger charge is -2.27. The topological polar surface area (TPSA) is 70.1 Å². The molecule has 0 bridgehead atoms. The molecule has 0 aromatic carbocycles. The highest BCUT2D eigenvalue weighted by Crippen LogP contribution is 2.20. The van der Waals surface area contributed by atoms with Crippen molar-refractivity contribution in [2.45, 2.75) is 51.7 Å². The number of likely N-dealkylation sites (tertiary alicyclic amines) is 1. The van der Waals surface area contributed by atoms with Gasteiger partial charge in [-0.2, -0.15) is 0 Å². The van der Waals surface area contributed by atoms with Crippen LogP contribution < -0.4 is 0 Å². The second-order valence-corrected chi connectivity index (χ2v) is 5.96. The van der Waals surface area contributed by atoms with Crippen molar-refractivity contribution in [3.63, 3.8) is 0 Å². The molecule has 1 heterocycles. The van der Waals surface area contributed by atoms with Gasteiger partial charge in [0.15, 0.2) is 0 Å². The fraction of sp³-hybridized carbons (Fsp3) is 0.846. The van der Waals surface area contributed by atoms with Crippen molar-refractivity contribution in [1.29, 1.82) is 0 Å². The van der Waals surface area contributed by atoms with Gasteiger partial charge in [-0.1, -0.05) is 0 Å². The molecule has 0 aromatic heterocycles. The first-order valence-corrected chi connectivity index (χ1v) is 6.64. The zero-order chi connectivity index (χ0) is 14.6. The predicted octanol–water partition coefficient (Wildman–Crippen LogP) is 2.39. The van der Waals surface area contributed by atoms with Crippen molar-refractivity contribution in [2.75, 3.05) is 20.1 Å². The van der Waals surface area contributed by atoms with Crippen LogP contribution >= 0.6 is 0 Å². The summed E-state index contributed by atoms with van der Waals surface area (Å²) in [5.41, 5.74) is -0.508. The van der Waals surface area contributed by atoms with Crippen LogP contribution in [0.3, 0.4) is 0 Å². The molecule has 1 unspecified atom stereocenters. The Morgan fingerprint density at radius 2 is 2.05 bits per heavy atom. The monoisotopic (exact) mass is 272 g/mol. The summed E-state index contributed by atoms with van der Waals surface area (Å²) >= 11 is 0. The van der Waals surface area contributed by atoms with Crippen LogP contribution in [0, 0.1) is 0 Å². The van der Waals surface area contributed by atoms with Gasteiger partial charge in [0.1, 0.15) is 5.60 Å². The highest BCUT2D eigenvalue weighted by atomic mass is 16.6. The summed E-state index contributed by atoms with van der Waals surface area (Å²) in [5.74, 6) is 0. The Bertz CT molecular complexity index is 338. The minimum atomic E-state index is -0.873. The Labute approximate surface area is 114 Å².